The number of carbonyl (C=O) groups excluding carboxylic acids is 1. The molecule has 0 saturated heterocycles. The van der Waals surface area contributed by atoms with E-state index in [1.54, 1.807) is 0 Å². The zero-order valence-corrected chi connectivity index (χ0v) is 9.62. The predicted molar refractivity (Wildman–Crippen MR) is 66.2 cm³/mol. The van der Waals surface area contributed by atoms with Crippen LogP contribution in [-0.2, 0) is 11.2 Å². The molecule has 0 radical (unpaired) electrons. The Hall–Kier alpha value is -1.51. The highest BCUT2D eigenvalue weighted by atomic mass is 16.1. The van der Waals surface area contributed by atoms with E-state index in [0.29, 0.717) is 12.3 Å². The number of benzene rings is 1. The van der Waals surface area contributed by atoms with E-state index in [4.69, 9.17) is 5.73 Å². The van der Waals surface area contributed by atoms with Crippen LogP contribution >= 0.6 is 0 Å². The number of hydrogen-bond acceptors (Lipinski definition) is 2. The van der Waals surface area contributed by atoms with Crippen LogP contribution in [0.25, 0.3) is 0 Å². The van der Waals surface area contributed by atoms with Gasteiger partial charge in [-0.05, 0) is 42.9 Å². The lowest BCUT2D eigenvalue weighted by atomic mass is 10.1. The quantitative estimate of drug-likeness (QED) is 0.763. The lowest BCUT2D eigenvalue weighted by Crippen LogP contribution is -2.12. The van der Waals surface area contributed by atoms with Gasteiger partial charge in [-0.15, -0.1) is 0 Å². The average molecular weight is 218 g/mol. The minimum atomic E-state index is 0.103. The molecule has 3 nitrogen and oxygen atoms in total. The van der Waals surface area contributed by atoms with Crippen LogP contribution in [0.3, 0.4) is 0 Å². The Labute approximate surface area is 96.0 Å². The summed E-state index contributed by atoms with van der Waals surface area (Å²) in [7, 11) is 0. The molecule has 1 aliphatic carbocycles. The maximum absolute atomic E-state index is 11.6. The molecule has 1 fully saturated rings. The number of nitrogen functional groups attached to an aromatic ring is 1. The minimum Gasteiger partial charge on any atom is -0.398 e. The smallest absolute Gasteiger partial charge is 0.224 e. The molecule has 0 aromatic heterocycles. The Kier molecular flexibility index (Phi) is 3.13. The standard InChI is InChI=1S/C13H18N2O/c1-2-10-5-6-11(8-12(10)14)15-13(16)7-9-3-4-9/h5-6,8-9H,2-4,7,14H2,1H3,(H,15,16). The highest BCUT2D eigenvalue weighted by Crippen LogP contribution is 2.32. The van der Waals surface area contributed by atoms with Crippen LogP contribution in [0.5, 0.6) is 0 Å². The fourth-order valence-electron chi connectivity index (χ4n) is 1.79. The summed E-state index contributed by atoms with van der Waals surface area (Å²) in [5.74, 6) is 0.721. The highest BCUT2D eigenvalue weighted by Gasteiger charge is 2.24. The van der Waals surface area contributed by atoms with E-state index in [1.165, 1.54) is 12.8 Å². The molecule has 3 N–H and O–H groups in total. The lowest BCUT2D eigenvalue weighted by molar-refractivity contribution is -0.116. The summed E-state index contributed by atoms with van der Waals surface area (Å²) >= 11 is 0. The third-order valence-corrected chi connectivity index (χ3v) is 2.98. The number of nitrogens with two attached hydrogens (primary N) is 1. The zero-order valence-electron chi connectivity index (χ0n) is 9.62. The molecule has 1 aromatic rings. The van der Waals surface area contributed by atoms with E-state index >= 15 is 0 Å². The number of anilines is 2. The van der Waals surface area contributed by atoms with Crippen LogP contribution in [0.15, 0.2) is 18.2 Å². The van der Waals surface area contributed by atoms with Crippen LogP contribution in [-0.4, -0.2) is 5.91 Å². The van der Waals surface area contributed by atoms with Crippen molar-refractivity contribution in [2.24, 2.45) is 5.92 Å². The van der Waals surface area contributed by atoms with Gasteiger partial charge < -0.3 is 11.1 Å². The molecule has 0 spiro atoms. The number of amides is 1. The third kappa shape index (κ3) is 2.75. The molecular formula is C13H18N2O. The third-order valence-electron chi connectivity index (χ3n) is 2.98. The molecule has 0 bridgehead atoms. The molecule has 1 aromatic carbocycles. The van der Waals surface area contributed by atoms with E-state index < -0.39 is 0 Å². The van der Waals surface area contributed by atoms with E-state index in [0.717, 1.165) is 23.4 Å². The van der Waals surface area contributed by atoms with E-state index in [1.807, 2.05) is 18.2 Å². The normalized spacial score (nSPS) is 14.8. The summed E-state index contributed by atoms with van der Waals surface area (Å²) < 4.78 is 0. The summed E-state index contributed by atoms with van der Waals surface area (Å²) in [6, 6.07) is 5.73. The Morgan fingerprint density at radius 3 is 2.81 bits per heavy atom. The first-order chi connectivity index (χ1) is 7.69. The van der Waals surface area contributed by atoms with Gasteiger partial charge in [-0.2, -0.15) is 0 Å². The van der Waals surface area contributed by atoms with Crippen molar-refractivity contribution in [2.45, 2.75) is 32.6 Å². The fraction of sp³-hybridized carbons (Fsp3) is 0.462. The van der Waals surface area contributed by atoms with Gasteiger partial charge in [-0.25, -0.2) is 0 Å². The average Bonchev–Trinajstić information content (AvgIpc) is 3.01. The van der Waals surface area contributed by atoms with Gasteiger partial charge in [0.2, 0.25) is 5.91 Å². The predicted octanol–water partition coefficient (Wildman–Crippen LogP) is 2.57. The number of rotatable bonds is 4. The SMILES string of the molecule is CCc1ccc(NC(=O)CC2CC2)cc1N. The molecule has 1 aliphatic rings. The first kappa shape index (κ1) is 11.0. The second-order valence-corrected chi connectivity index (χ2v) is 4.46. The van der Waals surface area contributed by atoms with Crippen molar-refractivity contribution in [3.05, 3.63) is 23.8 Å². The maximum atomic E-state index is 11.6. The summed E-state index contributed by atoms with van der Waals surface area (Å²) in [5.41, 5.74) is 8.56. The van der Waals surface area contributed by atoms with Gasteiger partial charge in [0.1, 0.15) is 0 Å². The summed E-state index contributed by atoms with van der Waals surface area (Å²) in [6.45, 7) is 2.07. The number of aryl methyl sites for hydroxylation is 1. The number of carbonyl (C=O) groups is 1. The lowest BCUT2D eigenvalue weighted by Gasteiger charge is -2.08. The van der Waals surface area contributed by atoms with E-state index in [2.05, 4.69) is 12.2 Å². The van der Waals surface area contributed by atoms with Crippen molar-refractivity contribution in [2.75, 3.05) is 11.1 Å². The van der Waals surface area contributed by atoms with E-state index in [-0.39, 0.29) is 5.91 Å². The topological polar surface area (TPSA) is 55.1 Å². The molecule has 0 atom stereocenters. The summed E-state index contributed by atoms with van der Waals surface area (Å²) in [6.07, 6.45) is 3.96. The Morgan fingerprint density at radius 1 is 1.50 bits per heavy atom. The van der Waals surface area contributed by atoms with Crippen molar-refractivity contribution in [1.29, 1.82) is 0 Å². The maximum Gasteiger partial charge on any atom is 0.224 e. The second kappa shape index (κ2) is 4.56. The number of nitrogens with one attached hydrogen (secondary N) is 1. The van der Waals surface area contributed by atoms with Crippen molar-refractivity contribution in [3.63, 3.8) is 0 Å². The zero-order chi connectivity index (χ0) is 11.5. The highest BCUT2D eigenvalue weighted by molar-refractivity contribution is 5.91. The van der Waals surface area contributed by atoms with Crippen molar-refractivity contribution >= 4 is 17.3 Å². The first-order valence-electron chi connectivity index (χ1n) is 5.87. The molecule has 3 heteroatoms. The molecule has 2 rings (SSSR count). The van der Waals surface area contributed by atoms with Gasteiger partial charge in [-0.1, -0.05) is 13.0 Å². The van der Waals surface area contributed by atoms with Gasteiger partial charge in [0.15, 0.2) is 0 Å². The molecule has 0 aliphatic heterocycles. The van der Waals surface area contributed by atoms with Gasteiger partial charge >= 0.3 is 0 Å². The summed E-state index contributed by atoms with van der Waals surface area (Å²) in [5, 5.41) is 2.89. The number of hydrogen-bond donors (Lipinski definition) is 2. The Balaban J connectivity index is 1.97. The van der Waals surface area contributed by atoms with Gasteiger partial charge in [-0.3, -0.25) is 4.79 Å². The van der Waals surface area contributed by atoms with Crippen LogP contribution in [0.1, 0.15) is 31.7 Å². The van der Waals surface area contributed by atoms with Crippen molar-refractivity contribution in [3.8, 4) is 0 Å². The van der Waals surface area contributed by atoms with E-state index in [9.17, 15) is 4.79 Å². The van der Waals surface area contributed by atoms with Gasteiger partial charge in [0.25, 0.3) is 0 Å². The molecular weight excluding hydrogens is 200 g/mol. The molecule has 1 saturated carbocycles. The second-order valence-electron chi connectivity index (χ2n) is 4.46. The Morgan fingerprint density at radius 2 is 2.25 bits per heavy atom. The minimum absolute atomic E-state index is 0.103. The van der Waals surface area contributed by atoms with Crippen molar-refractivity contribution in [1.82, 2.24) is 0 Å². The van der Waals surface area contributed by atoms with Crippen LogP contribution in [0, 0.1) is 5.92 Å². The van der Waals surface area contributed by atoms with Gasteiger partial charge in [0.05, 0.1) is 0 Å². The molecule has 1 amide bonds. The fourth-order valence-corrected chi connectivity index (χ4v) is 1.79. The molecule has 0 heterocycles. The van der Waals surface area contributed by atoms with Crippen molar-refractivity contribution < 1.29 is 4.79 Å². The van der Waals surface area contributed by atoms with Crippen LogP contribution in [0.2, 0.25) is 0 Å². The van der Waals surface area contributed by atoms with Crippen LogP contribution in [0.4, 0.5) is 11.4 Å². The first-order valence-corrected chi connectivity index (χ1v) is 5.87. The molecule has 0 unspecified atom stereocenters. The van der Waals surface area contributed by atoms with Gasteiger partial charge in [0, 0.05) is 17.8 Å². The molecule has 86 valence electrons. The van der Waals surface area contributed by atoms with Crippen LogP contribution < -0.4 is 11.1 Å². The molecule has 16 heavy (non-hydrogen) atoms. The largest absolute Gasteiger partial charge is 0.398 e. The summed E-state index contributed by atoms with van der Waals surface area (Å²) in [4.78, 5) is 11.6. The monoisotopic (exact) mass is 218 g/mol. The Bertz CT molecular complexity index is 397.